The van der Waals surface area contributed by atoms with E-state index in [1.165, 1.54) is 0 Å². The lowest BCUT2D eigenvalue weighted by Crippen LogP contribution is -2.30. The van der Waals surface area contributed by atoms with Crippen molar-refractivity contribution in [3.63, 3.8) is 0 Å². The number of hydrogen-bond donors (Lipinski definition) is 2. The molecule has 0 aromatic rings. The third-order valence-corrected chi connectivity index (χ3v) is 2.67. The molecule has 1 aliphatic rings. The number of ether oxygens (including phenoxy) is 1. The molecular weight excluding hydrogens is 170 g/mol. The second-order valence-corrected chi connectivity index (χ2v) is 3.54. The molecule has 0 spiro atoms. The van der Waals surface area contributed by atoms with E-state index in [0.717, 1.165) is 26.1 Å². The lowest BCUT2D eigenvalue weighted by molar-refractivity contribution is -0.138. The SMILES string of the molecule is NCC(CC(=O)O)C1CCOCC1. The fourth-order valence-electron chi connectivity index (χ4n) is 1.85. The number of nitrogens with two attached hydrogens (primary N) is 1. The van der Waals surface area contributed by atoms with Crippen molar-refractivity contribution in [3.8, 4) is 0 Å². The van der Waals surface area contributed by atoms with E-state index in [1.807, 2.05) is 0 Å². The normalized spacial score (nSPS) is 21.3. The summed E-state index contributed by atoms with van der Waals surface area (Å²) in [7, 11) is 0. The topological polar surface area (TPSA) is 72.6 Å². The molecule has 76 valence electrons. The minimum Gasteiger partial charge on any atom is -0.481 e. The number of aliphatic carboxylic acids is 1. The minimum atomic E-state index is -0.748. The first-order valence-electron chi connectivity index (χ1n) is 4.73. The summed E-state index contributed by atoms with van der Waals surface area (Å²) in [6, 6.07) is 0. The number of carbonyl (C=O) groups is 1. The van der Waals surface area contributed by atoms with Gasteiger partial charge in [0.05, 0.1) is 0 Å². The molecule has 1 aliphatic heterocycles. The van der Waals surface area contributed by atoms with Crippen molar-refractivity contribution in [1.29, 1.82) is 0 Å². The standard InChI is InChI=1S/C9H17NO3/c10-6-8(5-9(11)12)7-1-3-13-4-2-7/h7-8H,1-6,10H2,(H,11,12). The Kier molecular flexibility index (Phi) is 4.18. The van der Waals surface area contributed by atoms with E-state index in [9.17, 15) is 4.79 Å². The van der Waals surface area contributed by atoms with E-state index in [0.29, 0.717) is 12.5 Å². The summed E-state index contributed by atoms with van der Waals surface area (Å²) in [5, 5.41) is 8.66. The predicted molar refractivity (Wildman–Crippen MR) is 48.3 cm³/mol. The number of carboxylic acid groups (broad SMARTS) is 1. The van der Waals surface area contributed by atoms with Crippen molar-refractivity contribution in [2.75, 3.05) is 19.8 Å². The molecular formula is C9H17NO3. The van der Waals surface area contributed by atoms with Crippen LogP contribution in [0.5, 0.6) is 0 Å². The Labute approximate surface area is 78.1 Å². The lowest BCUT2D eigenvalue weighted by Gasteiger charge is -2.28. The van der Waals surface area contributed by atoms with Gasteiger partial charge in [0.25, 0.3) is 0 Å². The average molecular weight is 187 g/mol. The van der Waals surface area contributed by atoms with Crippen molar-refractivity contribution in [3.05, 3.63) is 0 Å². The maximum absolute atomic E-state index is 10.5. The van der Waals surface area contributed by atoms with Gasteiger partial charge >= 0.3 is 5.97 Å². The fourth-order valence-corrected chi connectivity index (χ4v) is 1.85. The van der Waals surface area contributed by atoms with Crippen LogP contribution in [0, 0.1) is 11.8 Å². The second-order valence-electron chi connectivity index (χ2n) is 3.54. The Morgan fingerprint density at radius 3 is 2.62 bits per heavy atom. The highest BCUT2D eigenvalue weighted by atomic mass is 16.5. The summed E-state index contributed by atoms with van der Waals surface area (Å²) in [6.45, 7) is 1.97. The summed E-state index contributed by atoms with van der Waals surface area (Å²) < 4.78 is 5.21. The lowest BCUT2D eigenvalue weighted by atomic mass is 9.84. The number of rotatable bonds is 4. The fraction of sp³-hybridized carbons (Fsp3) is 0.889. The van der Waals surface area contributed by atoms with Gasteiger partial charge < -0.3 is 15.6 Å². The highest BCUT2D eigenvalue weighted by Gasteiger charge is 2.24. The van der Waals surface area contributed by atoms with Crippen LogP contribution in [-0.4, -0.2) is 30.8 Å². The first kappa shape index (κ1) is 10.5. The quantitative estimate of drug-likeness (QED) is 0.670. The third kappa shape index (κ3) is 3.32. The number of carboxylic acids is 1. The van der Waals surface area contributed by atoms with E-state index in [4.69, 9.17) is 15.6 Å². The third-order valence-electron chi connectivity index (χ3n) is 2.67. The molecule has 0 aliphatic carbocycles. The minimum absolute atomic E-state index is 0.126. The zero-order valence-electron chi connectivity index (χ0n) is 7.74. The summed E-state index contributed by atoms with van der Waals surface area (Å²) in [4.78, 5) is 10.5. The van der Waals surface area contributed by atoms with E-state index in [-0.39, 0.29) is 12.3 Å². The van der Waals surface area contributed by atoms with Crippen LogP contribution < -0.4 is 5.73 Å². The highest BCUT2D eigenvalue weighted by Crippen LogP contribution is 2.25. The molecule has 0 aromatic carbocycles. The van der Waals surface area contributed by atoms with E-state index in [2.05, 4.69) is 0 Å². The van der Waals surface area contributed by atoms with Gasteiger partial charge in [0.15, 0.2) is 0 Å². The van der Waals surface area contributed by atoms with Crippen molar-refractivity contribution >= 4 is 5.97 Å². The van der Waals surface area contributed by atoms with Gasteiger partial charge in [-0.05, 0) is 31.2 Å². The zero-order valence-corrected chi connectivity index (χ0v) is 7.74. The van der Waals surface area contributed by atoms with Crippen LogP contribution in [0.3, 0.4) is 0 Å². The summed E-state index contributed by atoms with van der Waals surface area (Å²) in [6.07, 6.45) is 2.10. The van der Waals surface area contributed by atoms with Gasteiger partial charge in [-0.3, -0.25) is 4.79 Å². The summed E-state index contributed by atoms with van der Waals surface area (Å²) in [5.41, 5.74) is 5.55. The molecule has 1 atom stereocenters. The van der Waals surface area contributed by atoms with Gasteiger partial charge in [-0.15, -0.1) is 0 Å². The van der Waals surface area contributed by atoms with Gasteiger partial charge in [-0.1, -0.05) is 0 Å². The van der Waals surface area contributed by atoms with Gasteiger partial charge in [0.1, 0.15) is 0 Å². The molecule has 0 bridgehead atoms. The molecule has 1 rings (SSSR count). The Bertz CT molecular complexity index is 166. The van der Waals surface area contributed by atoms with Crippen LogP contribution in [-0.2, 0) is 9.53 Å². The zero-order chi connectivity index (χ0) is 9.68. The van der Waals surface area contributed by atoms with Gasteiger partial charge in [0, 0.05) is 19.6 Å². The van der Waals surface area contributed by atoms with Crippen LogP contribution in [0.2, 0.25) is 0 Å². The largest absolute Gasteiger partial charge is 0.481 e. The highest BCUT2D eigenvalue weighted by molar-refractivity contribution is 5.67. The Hall–Kier alpha value is -0.610. The maximum atomic E-state index is 10.5. The van der Waals surface area contributed by atoms with E-state index in [1.54, 1.807) is 0 Å². The Morgan fingerprint density at radius 1 is 1.54 bits per heavy atom. The van der Waals surface area contributed by atoms with Crippen LogP contribution in [0.15, 0.2) is 0 Å². The van der Waals surface area contributed by atoms with Gasteiger partial charge in [-0.2, -0.15) is 0 Å². The van der Waals surface area contributed by atoms with Gasteiger partial charge in [-0.25, -0.2) is 0 Å². The monoisotopic (exact) mass is 187 g/mol. The molecule has 0 aromatic heterocycles. The molecule has 1 unspecified atom stereocenters. The van der Waals surface area contributed by atoms with Crippen molar-refractivity contribution in [2.45, 2.75) is 19.3 Å². The first-order chi connectivity index (χ1) is 6.24. The molecule has 0 saturated carbocycles. The molecule has 4 heteroatoms. The molecule has 0 amide bonds. The van der Waals surface area contributed by atoms with Crippen molar-refractivity contribution < 1.29 is 14.6 Å². The Morgan fingerprint density at radius 2 is 2.15 bits per heavy atom. The molecule has 4 nitrogen and oxygen atoms in total. The average Bonchev–Trinajstić information content (AvgIpc) is 2.15. The summed E-state index contributed by atoms with van der Waals surface area (Å²) >= 11 is 0. The van der Waals surface area contributed by atoms with Crippen LogP contribution in [0.1, 0.15) is 19.3 Å². The molecule has 1 saturated heterocycles. The van der Waals surface area contributed by atoms with Crippen molar-refractivity contribution in [1.82, 2.24) is 0 Å². The summed E-state index contributed by atoms with van der Waals surface area (Å²) in [5.74, 6) is -0.182. The van der Waals surface area contributed by atoms with Crippen LogP contribution in [0.25, 0.3) is 0 Å². The van der Waals surface area contributed by atoms with E-state index < -0.39 is 5.97 Å². The Balaban J connectivity index is 2.39. The molecule has 1 heterocycles. The molecule has 3 N–H and O–H groups in total. The van der Waals surface area contributed by atoms with Crippen LogP contribution >= 0.6 is 0 Å². The molecule has 0 radical (unpaired) electrons. The first-order valence-corrected chi connectivity index (χ1v) is 4.73. The molecule has 1 fully saturated rings. The smallest absolute Gasteiger partial charge is 0.303 e. The van der Waals surface area contributed by atoms with Crippen molar-refractivity contribution in [2.24, 2.45) is 17.6 Å². The second kappa shape index (κ2) is 5.19. The number of hydrogen-bond acceptors (Lipinski definition) is 3. The predicted octanol–water partition coefficient (Wildman–Crippen LogP) is 0.463. The van der Waals surface area contributed by atoms with E-state index >= 15 is 0 Å². The van der Waals surface area contributed by atoms with Gasteiger partial charge in [0.2, 0.25) is 0 Å². The molecule has 13 heavy (non-hydrogen) atoms. The van der Waals surface area contributed by atoms with Crippen LogP contribution in [0.4, 0.5) is 0 Å². The maximum Gasteiger partial charge on any atom is 0.303 e.